The van der Waals surface area contributed by atoms with Crippen LogP contribution in [-0.2, 0) is 0 Å². The van der Waals surface area contributed by atoms with E-state index in [9.17, 15) is 0 Å². The molecule has 1 heterocycles. The van der Waals surface area contributed by atoms with E-state index in [1.54, 1.807) is 0 Å². The van der Waals surface area contributed by atoms with E-state index in [-0.39, 0.29) is 0 Å². The number of rotatable bonds is 5. The summed E-state index contributed by atoms with van der Waals surface area (Å²) in [7, 11) is 0. The molecular weight excluding hydrogens is 172 g/mol. The van der Waals surface area contributed by atoms with Gasteiger partial charge in [0.15, 0.2) is 0 Å². The molecule has 0 aliphatic carbocycles. The lowest BCUT2D eigenvalue weighted by atomic mass is 10.1. The predicted octanol–water partition coefficient (Wildman–Crippen LogP) is 2.20. The van der Waals surface area contributed by atoms with E-state index >= 15 is 0 Å². The number of piperazine rings is 1. The number of hydrogen-bond acceptors (Lipinski definition) is 2. The predicted molar refractivity (Wildman–Crippen MR) is 62.7 cm³/mol. The van der Waals surface area contributed by atoms with Crippen LogP contribution in [0.25, 0.3) is 0 Å². The summed E-state index contributed by atoms with van der Waals surface area (Å²) >= 11 is 0. The van der Waals surface area contributed by atoms with E-state index in [1.807, 2.05) is 0 Å². The summed E-state index contributed by atoms with van der Waals surface area (Å²) in [6, 6.07) is 0.846. The van der Waals surface area contributed by atoms with Crippen LogP contribution in [0.4, 0.5) is 0 Å². The number of likely N-dealkylation sites (N-methyl/N-ethyl adjacent to an activating group) is 1. The van der Waals surface area contributed by atoms with Crippen LogP contribution in [0.2, 0.25) is 0 Å². The van der Waals surface area contributed by atoms with Crippen LogP contribution in [0, 0.1) is 0 Å². The Bertz CT molecular complexity index is 139. The first-order chi connectivity index (χ1) is 6.81. The largest absolute Gasteiger partial charge is 0.301 e. The third-order valence-corrected chi connectivity index (χ3v) is 3.46. The first-order valence-corrected chi connectivity index (χ1v) is 6.28. The number of nitrogens with zero attached hydrogens (tertiary/aromatic N) is 2. The van der Waals surface area contributed by atoms with Gasteiger partial charge in [0, 0.05) is 32.2 Å². The average Bonchev–Trinajstić information content (AvgIpc) is 2.26. The molecule has 0 aromatic carbocycles. The molecule has 1 rings (SSSR count). The van der Waals surface area contributed by atoms with Crippen molar-refractivity contribution in [3.05, 3.63) is 0 Å². The maximum absolute atomic E-state index is 2.69. The molecule has 0 bridgehead atoms. The third-order valence-electron chi connectivity index (χ3n) is 3.46. The summed E-state index contributed by atoms with van der Waals surface area (Å²) in [5, 5.41) is 0. The minimum atomic E-state index is 0.846. The summed E-state index contributed by atoms with van der Waals surface area (Å²) < 4.78 is 0. The topological polar surface area (TPSA) is 6.48 Å². The van der Waals surface area contributed by atoms with Crippen molar-refractivity contribution in [2.75, 3.05) is 32.7 Å². The summed E-state index contributed by atoms with van der Waals surface area (Å²) in [5.41, 5.74) is 0. The van der Waals surface area contributed by atoms with Crippen LogP contribution in [0.15, 0.2) is 0 Å². The first kappa shape index (κ1) is 12.0. The second kappa shape index (κ2) is 6.41. The zero-order chi connectivity index (χ0) is 10.4. The van der Waals surface area contributed by atoms with Gasteiger partial charge in [-0.1, -0.05) is 27.2 Å². The van der Waals surface area contributed by atoms with Crippen LogP contribution in [0.5, 0.6) is 0 Å². The van der Waals surface area contributed by atoms with Gasteiger partial charge < -0.3 is 4.90 Å². The van der Waals surface area contributed by atoms with Crippen LogP contribution >= 0.6 is 0 Å². The lowest BCUT2D eigenvalue weighted by Crippen LogP contribution is -2.49. The van der Waals surface area contributed by atoms with E-state index in [0.29, 0.717) is 0 Å². The number of hydrogen-bond donors (Lipinski definition) is 0. The van der Waals surface area contributed by atoms with Gasteiger partial charge in [-0.15, -0.1) is 0 Å². The van der Waals surface area contributed by atoms with E-state index in [0.717, 1.165) is 6.04 Å². The Hall–Kier alpha value is -0.0800. The molecule has 14 heavy (non-hydrogen) atoms. The van der Waals surface area contributed by atoms with Crippen molar-refractivity contribution >= 4 is 0 Å². The van der Waals surface area contributed by atoms with Crippen molar-refractivity contribution in [2.24, 2.45) is 0 Å². The molecule has 0 unspecified atom stereocenters. The van der Waals surface area contributed by atoms with Crippen molar-refractivity contribution in [3.63, 3.8) is 0 Å². The fourth-order valence-electron chi connectivity index (χ4n) is 2.42. The highest BCUT2D eigenvalue weighted by Gasteiger charge is 2.20. The minimum Gasteiger partial charge on any atom is -0.301 e. The molecule has 84 valence electrons. The average molecular weight is 198 g/mol. The first-order valence-electron chi connectivity index (χ1n) is 6.28. The summed E-state index contributed by atoms with van der Waals surface area (Å²) in [5.74, 6) is 0. The van der Waals surface area contributed by atoms with Crippen molar-refractivity contribution < 1.29 is 0 Å². The summed E-state index contributed by atoms with van der Waals surface area (Å²) in [6.45, 7) is 13.2. The molecule has 1 aliphatic heterocycles. The molecular formula is C12H26N2. The van der Waals surface area contributed by atoms with Crippen LogP contribution in [-0.4, -0.2) is 48.6 Å². The van der Waals surface area contributed by atoms with Crippen molar-refractivity contribution in [1.82, 2.24) is 9.80 Å². The van der Waals surface area contributed by atoms with E-state index in [2.05, 4.69) is 30.6 Å². The lowest BCUT2D eigenvalue weighted by molar-refractivity contribution is 0.0929. The highest BCUT2D eigenvalue weighted by atomic mass is 15.3. The Kier molecular flexibility index (Phi) is 5.49. The molecule has 0 aromatic rings. The summed E-state index contributed by atoms with van der Waals surface area (Å²) in [4.78, 5) is 5.24. The molecule has 0 radical (unpaired) electrons. The Morgan fingerprint density at radius 2 is 1.64 bits per heavy atom. The van der Waals surface area contributed by atoms with Crippen LogP contribution in [0.1, 0.15) is 40.0 Å². The minimum absolute atomic E-state index is 0.846. The fraction of sp³-hybridized carbons (Fsp3) is 1.00. The Balaban J connectivity index is 2.31. The third kappa shape index (κ3) is 3.25. The van der Waals surface area contributed by atoms with Gasteiger partial charge in [-0.3, -0.25) is 4.90 Å². The zero-order valence-electron chi connectivity index (χ0n) is 10.1. The normalized spacial score (nSPS) is 22.5. The SMILES string of the molecule is CCC[C@@H](CC)N1CCN(CC)CC1. The molecule has 1 fully saturated rings. The quantitative estimate of drug-likeness (QED) is 0.668. The molecule has 1 atom stereocenters. The molecule has 0 saturated carbocycles. The molecule has 0 spiro atoms. The molecule has 1 saturated heterocycles. The highest BCUT2D eigenvalue weighted by Crippen LogP contribution is 2.13. The van der Waals surface area contributed by atoms with E-state index in [1.165, 1.54) is 52.0 Å². The van der Waals surface area contributed by atoms with Crippen LogP contribution in [0.3, 0.4) is 0 Å². The maximum Gasteiger partial charge on any atom is 0.0113 e. The Labute approximate surface area is 89.3 Å². The van der Waals surface area contributed by atoms with E-state index < -0.39 is 0 Å². The van der Waals surface area contributed by atoms with Gasteiger partial charge in [0.1, 0.15) is 0 Å². The van der Waals surface area contributed by atoms with Gasteiger partial charge in [-0.05, 0) is 19.4 Å². The monoisotopic (exact) mass is 198 g/mol. The molecule has 0 aromatic heterocycles. The fourth-order valence-corrected chi connectivity index (χ4v) is 2.42. The smallest absolute Gasteiger partial charge is 0.0113 e. The maximum atomic E-state index is 2.69. The molecule has 2 nitrogen and oxygen atoms in total. The molecule has 0 amide bonds. The van der Waals surface area contributed by atoms with Crippen molar-refractivity contribution in [1.29, 1.82) is 0 Å². The Morgan fingerprint density at radius 1 is 1.00 bits per heavy atom. The van der Waals surface area contributed by atoms with Gasteiger partial charge in [0.2, 0.25) is 0 Å². The zero-order valence-corrected chi connectivity index (χ0v) is 10.1. The van der Waals surface area contributed by atoms with E-state index in [4.69, 9.17) is 0 Å². The standard InChI is InChI=1S/C12H26N2/c1-4-7-12(5-2)14-10-8-13(6-3)9-11-14/h12H,4-11H2,1-3H3/t12-/m1/s1. The summed E-state index contributed by atoms with van der Waals surface area (Å²) in [6.07, 6.45) is 4.02. The highest BCUT2D eigenvalue weighted by molar-refractivity contribution is 4.77. The van der Waals surface area contributed by atoms with Crippen LogP contribution < -0.4 is 0 Å². The van der Waals surface area contributed by atoms with Gasteiger partial charge in [-0.2, -0.15) is 0 Å². The molecule has 0 N–H and O–H groups in total. The Morgan fingerprint density at radius 3 is 2.07 bits per heavy atom. The molecule has 1 aliphatic rings. The molecule has 2 heteroatoms. The second-order valence-corrected chi connectivity index (χ2v) is 4.32. The van der Waals surface area contributed by atoms with Crippen molar-refractivity contribution in [3.8, 4) is 0 Å². The lowest BCUT2D eigenvalue weighted by Gasteiger charge is -2.38. The van der Waals surface area contributed by atoms with Gasteiger partial charge in [0.25, 0.3) is 0 Å². The second-order valence-electron chi connectivity index (χ2n) is 4.32. The van der Waals surface area contributed by atoms with Crippen molar-refractivity contribution in [2.45, 2.75) is 46.1 Å². The van der Waals surface area contributed by atoms with Gasteiger partial charge in [-0.25, -0.2) is 0 Å². The van der Waals surface area contributed by atoms with Gasteiger partial charge in [0.05, 0.1) is 0 Å². The van der Waals surface area contributed by atoms with Gasteiger partial charge >= 0.3 is 0 Å².